The van der Waals surface area contributed by atoms with Crippen molar-refractivity contribution in [3.05, 3.63) is 65.5 Å². The molecule has 0 bridgehead atoms. The fraction of sp³-hybridized carbons (Fsp3) is 0.391. The molecule has 1 N–H and O–H groups in total. The number of carbonyl (C=O) groups is 1. The van der Waals surface area contributed by atoms with Crippen LogP contribution >= 0.6 is 0 Å². The molecule has 0 unspecified atom stereocenters. The van der Waals surface area contributed by atoms with Crippen LogP contribution in [0, 0.1) is 0 Å². The van der Waals surface area contributed by atoms with Crippen LogP contribution in [0.25, 0.3) is 11.0 Å². The highest BCUT2D eigenvalue weighted by molar-refractivity contribution is 5.97. The molecular weight excluding hydrogens is 334 g/mol. The van der Waals surface area contributed by atoms with E-state index in [1.54, 1.807) is 6.33 Å². The van der Waals surface area contributed by atoms with Crippen molar-refractivity contribution in [1.82, 2.24) is 14.9 Å². The molecule has 138 valence electrons. The van der Waals surface area contributed by atoms with Crippen LogP contribution in [0.3, 0.4) is 0 Å². The van der Waals surface area contributed by atoms with E-state index >= 15 is 0 Å². The van der Waals surface area contributed by atoms with Gasteiger partial charge in [0.2, 0.25) is 0 Å². The fourth-order valence-electron chi connectivity index (χ4n) is 5.23. The number of piperidine rings is 1. The molecule has 2 heterocycles. The summed E-state index contributed by atoms with van der Waals surface area (Å²) in [5.74, 6) is 0.596. The second kappa shape index (κ2) is 5.95. The number of aromatic nitrogens is 2. The van der Waals surface area contributed by atoms with Crippen molar-refractivity contribution in [2.75, 3.05) is 6.54 Å². The summed E-state index contributed by atoms with van der Waals surface area (Å²) in [7, 11) is 0. The van der Waals surface area contributed by atoms with Crippen LogP contribution in [-0.2, 0) is 5.41 Å². The fourth-order valence-corrected chi connectivity index (χ4v) is 5.23. The smallest absolute Gasteiger partial charge is 0.254 e. The molecule has 0 spiro atoms. The number of nitrogens with one attached hydrogen (secondary N) is 1. The number of hydrogen-bond donors (Lipinski definition) is 1. The number of H-pyrrole nitrogens is 1. The number of fused-ring (bicyclic) bond motifs is 4. The summed E-state index contributed by atoms with van der Waals surface area (Å²) >= 11 is 0. The van der Waals surface area contributed by atoms with Gasteiger partial charge in [-0.25, -0.2) is 4.98 Å². The van der Waals surface area contributed by atoms with Gasteiger partial charge in [0.15, 0.2) is 0 Å². The van der Waals surface area contributed by atoms with Crippen molar-refractivity contribution in [3.8, 4) is 0 Å². The van der Waals surface area contributed by atoms with Crippen LogP contribution in [0.1, 0.15) is 60.5 Å². The molecule has 4 heteroatoms. The van der Waals surface area contributed by atoms with Crippen LogP contribution in [-0.4, -0.2) is 33.4 Å². The average molecular weight is 359 g/mol. The number of benzene rings is 2. The molecule has 1 aliphatic carbocycles. The molecule has 2 aromatic carbocycles. The zero-order valence-corrected chi connectivity index (χ0v) is 15.9. The number of nitrogens with zero attached hydrogens (tertiary/aromatic N) is 2. The van der Waals surface area contributed by atoms with E-state index in [0.717, 1.165) is 36.0 Å². The molecule has 1 saturated heterocycles. The van der Waals surface area contributed by atoms with Crippen molar-refractivity contribution in [1.29, 1.82) is 0 Å². The highest BCUT2D eigenvalue weighted by Crippen LogP contribution is 2.48. The molecule has 5 rings (SSSR count). The lowest BCUT2D eigenvalue weighted by atomic mass is 9.64. The van der Waals surface area contributed by atoms with E-state index in [2.05, 4.69) is 53.0 Å². The third kappa shape index (κ3) is 2.58. The lowest BCUT2D eigenvalue weighted by molar-refractivity contribution is 0.0497. The molecular formula is C23H25N3O. The van der Waals surface area contributed by atoms with Crippen molar-refractivity contribution in [2.45, 2.75) is 50.5 Å². The van der Waals surface area contributed by atoms with E-state index in [-0.39, 0.29) is 17.4 Å². The van der Waals surface area contributed by atoms with Crippen LogP contribution in [0.15, 0.2) is 48.8 Å². The van der Waals surface area contributed by atoms with Crippen molar-refractivity contribution in [3.63, 3.8) is 0 Å². The Balaban J connectivity index is 1.53. The molecule has 1 aliphatic heterocycles. The summed E-state index contributed by atoms with van der Waals surface area (Å²) in [6.45, 7) is 5.48. The second-order valence-electron chi connectivity index (χ2n) is 8.62. The lowest BCUT2D eigenvalue weighted by Gasteiger charge is -2.50. The van der Waals surface area contributed by atoms with Crippen LogP contribution < -0.4 is 0 Å². The number of aromatic amines is 1. The van der Waals surface area contributed by atoms with E-state index < -0.39 is 0 Å². The maximum Gasteiger partial charge on any atom is 0.254 e. The average Bonchev–Trinajstić information content (AvgIpc) is 3.15. The van der Waals surface area contributed by atoms with E-state index in [4.69, 9.17) is 0 Å². The van der Waals surface area contributed by atoms with Gasteiger partial charge in [0.1, 0.15) is 0 Å². The van der Waals surface area contributed by atoms with Gasteiger partial charge in [-0.2, -0.15) is 0 Å². The molecule has 2 aliphatic rings. The third-order valence-electron chi connectivity index (χ3n) is 6.52. The summed E-state index contributed by atoms with van der Waals surface area (Å²) in [6, 6.07) is 14.9. The van der Waals surface area contributed by atoms with Crippen LogP contribution in [0.2, 0.25) is 0 Å². The zero-order chi connectivity index (χ0) is 18.6. The summed E-state index contributed by atoms with van der Waals surface area (Å²) in [5, 5.41) is 0. The Morgan fingerprint density at radius 3 is 2.96 bits per heavy atom. The van der Waals surface area contributed by atoms with Gasteiger partial charge in [0.05, 0.1) is 17.4 Å². The van der Waals surface area contributed by atoms with Gasteiger partial charge in [-0.1, -0.05) is 38.1 Å². The van der Waals surface area contributed by atoms with Gasteiger partial charge in [-0.3, -0.25) is 4.79 Å². The Labute approximate surface area is 159 Å². The number of imidazole rings is 1. The summed E-state index contributed by atoms with van der Waals surface area (Å²) in [6.07, 6.45) is 4.93. The normalized spacial score (nSPS) is 23.7. The molecule has 3 aromatic rings. The van der Waals surface area contributed by atoms with Crippen molar-refractivity contribution >= 4 is 16.9 Å². The quantitative estimate of drug-likeness (QED) is 0.688. The monoisotopic (exact) mass is 359 g/mol. The van der Waals surface area contributed by atoms with Crippen LogP contribution in [0.4, 0.5) is 0 Å². The highest BCUT2D eigenvalue weighted by atomic mass is 16.2. The first-order chi connectivity index (χ1) is 13.0. The first-order valence-electron chi connectivity index (χ1n) is 9.88. The highest BCUT2D eigenvalue weighted by Gasteiger charge is 2.44. The number of likely N-dealkylation sites (tertiary alicyclic amines) is 1. The first kappa shape index (κ1) is 16.5. The van der Waals surface area contributed by atoms with Gasteiger partial charge >= 0.3 is 0 Å². The van der Waals surface area contributed by atoms with Crippen LogP contribution in [0.5, 0.6) is 0 Å². The third-order valence-corrected chi connectivity index (χ3v) is 6.52. The number of hydrogen-bond acceptors (Lipinski definition) is 2. The number of rotatable bonds is 1. The molecule has 27 heavy (non-hydrogen) atoms. The minimum Gasteiger partial charge on any atom is -0.345 e. The minimum absolute atomic E-state index is 0.0843. The number of amides is 1. The molecule has 1 amide bonds. The molecule has 0 radical (unpaired) electrons. The maximum absolute atomic E-state index is 13.4. The second-order valence-corrected chi connectivity index (χ2v) is 8.62. The molecule has 1 fully saturated rings. The summed E-state index contributed by atoms with van der Waals surface area (Å²) in [5.41, 5.74) is 5.56. The standard InChI is InChI=1S/C23H25N3O/c1-23(2)13-21-17(16-6-3-4-8-18(16)23)7-5-11-26(21)22(27)15-9-10-19-20(12-15)25-14-24-19/h3-4,6,8-10,12,14,17,21H,5,7,11,13H2,1-2H3,(H,24,25)/t17-,21+/m0/s1. The Morgan fingerprint density at radius 2 is 2.07 bits per heavy atom. The summed E-state index contributed by atoms with van der Waals surface area (Å²) < 4.78 is 0. The Bertz CT molecular complexity index is 1020. The Morgan fingerprint density at radius 1 is 1.22 bits per heavy atom. The summed E-state index contributed by atoms with van der Waals surface area (Å²) in [4.78, 5) is 23.0. The van der Waals surface area contributed by atoms with E-state index in [1.165, 1.54) is 17.5 Å². The van der Waals surface area contributed by atoms with Crippen molar-refractivity contribution < 1.29 is 4.79 Å². The Hall–Kier alpha value is -2.62. The predicted molar refractivity (Wildman–Crippen MR) is 107 cm³/mol. The van der Waals surface area contributed by atoms with Gasteiger partial charge in [-0.05, 0) is 54.0 Å². The molecule has 0 saturated carbocycles. The molecule has 1 aromatic heterocycles. The van der Waals surface area contributed by atoms with Gasteiger partial charge < -0.3 is 9.88 Å². The van der Waals surface area contributed by atoms with Crippen molar-refractivity contribution in [2.24, 2.45) is 0 Å². The number of carbonyl (C=O) groups excluding carboxylic acids is 1. The van der Waals surface area contributed by atoms with Gasteiger partial charge in [0.25, 0.3) is 5.91 Å². The predicted octanol–water partition coefficient (Wildman–Crippen LogP) is 4.63. The zero-order valence-electron chi connectivity index (χ0n) is 15.9. The van der Waals surface area contributed by atoms with E-state index in [9.17, 15) is 4.79 Å². The van der Waals surface area contributed by atoms with Gasteiger partial charge in [-0.15, -0.1) is 0 Å². The maximum atomic E-state index is 13.4. The van der Waals surface area contributed by atoms with E-state index in [1.807, 2.05) is 18.2 Å². The molecule has 2 atom stereocenters. The topological polar surface area (TPSA) is 49.0 Å². The lowest BCUT2D eigenvalue weighted by Crippen LogP contribution is -2.52. The minimum atomic E-state index is 0.0843. The van der Waals surface area contributed by atoms with E-state index in [0.29, 0.717) is 5.92 Å². The molecule has 4 nitrogen and oxygen atoms in total. The Kier molecular flexibility index (Phi) is 3.64. The van der Waals surface area contributed by atoms with Gasteiger partial charge in [0, 0.05) is 24.1 Å². The largest absolute Gasteiger partial charge is 0.345 e. The SMILES string of the molecule is CC1(C)C[C@@H]2[C@@H](CCCN2C(=O)c2ccc3nc[nH]c3c2)c2ccccc21. The first-order valence-corrected chi connectivity index (χ1v) is 9.88.